The number of nitrogens with one attached hydrogen (secondary N) is 1. The summed E-state index contributed by atoms with van der Waals surface area (Å²) in [5.41, 5.74) is 1.07. The van der Waals surface area contributed by atoms with Gasteiger partial charge in [0.2, 0.25) is 5.91 Å². The minimum Gasteiger partial charge on any atom is -0.351 e. The second kappa shape index (κ2) is 10.1. The van der Waals surface area contributed by atoms with Crippen molar-refractivity contribution in [1.29, 1.82) is 0 Å². The molecule has 1 N–H and O–H groups in total. The van der Waals surface area contributed by atoms with Gasteiger partial charge >= 0.3 is 0 Å². The van der Waals surface area contributed by atoms with E-state index in [1.807, 2.05) is 44.2 Å². The molecule has 1 aromatic carbocycles. The lowest BCUT2D eigenvalue weighted by Crippen LogP contribution is -2.47. The predicted octanol–water partition coefficient (Wildman–Crippen LogP) is 2.09. The summed E-state index contributed by atoms with van der Waals surface area (Å²) in [6, 6.07) is 9.46. The molecule has 1 amide bonds. The minimum absolute atomic E-state index is 0.129. The highest BCUT2D eigenvalue weighted by Gasteiger charge is 2.25. The lowest BCUT2D eigenvalue weighted by molar-refractivity contribution is -0.158. The molecule has 1 rings (SSSR count). The number of benzene rings is 1. The van der Waals surface area contributed by atoms with Gasteiger partial charge in [0.1, 0.15) is 5.78 Å². The monoisotopic (exact) mass is 307 g/mol. The number of carbonyl (C=O) groups excluding carboxylic acids is 2. The third-order valence-corrected chi connectivity index (χ3v) is 3.04. The fourth-order valence-corrected chi connectivity index (χ4v) is 2.18. The van der Waals surface area contributed by atoms with Gasteiger partial charge in [0.15, 0.2) is 6.29 Å². The Morgan fingerprint density at radius 1 is 1.09 bits per heavy atom. The summed E-state index contributed by atoms with van der Waals surface area (Å²) >= 11 is 0. The Morgan fingerprint density at radius 3 is 2.18 bits per heavy atom. The molecule has 0 saturated heterocycles. The lowest BCUT2D eigenvalue weighted by atomic mass is 10.0. The Hall–Kier alpha value is -1.72. The number of rotatable bonds is 10. The standard InChI is InChI=1S/C17H25NO4/c1-4-21-17(22-5-2)15(18-16(20)11-13(3)19)12-14-9-7-6-8-10-14/h6-10,15,17H,4-5,11-12H2,1-3H3,(H,18,20). The maximum atomic E-state index is 11.9. The molecular weight excluding hydrogens is 282 g/mol. The van der Waals surface area contributed by atoms with Crippen LogP contribution in [0.2, 0.25) is 0 Å². The average Bonchev–Trinajstić information content (AvgIpc) is 2.46. The second-order valence-corrected chi connectivity index (χ2v) is 5.02. The summed E-state index contributed by atoms with van der Waals surface area (Å²) in [7, 11) is 0. The van der Waals surface area contributed by atoms with Gasteiger partial charge in [-0.3, -0.25) is 9.59 Å². The Morgan fingerprint density at radius 2 is 1.68 bits per heavy atom. The fourth-order valence-electron chi connectivity index (χ4n) is 2.18. The Balaban J connectivity index is 2.82. The molecule has 0 aliphatic carbocycles. The molecule has 0 fully saturated rings. The quantitative estimate of drug-likeness (QED) is 0.531. The number of hydrogen-bond donors (Lipinski definition) is 1. The molecule has 122 valence electrons. The van der Waals surface area contributed by atoms with E-state index in [0.717, 1.165) is 5.56 Å². The van der Waals surface area contributed by atoms with Gasteiger partial charge in [-0.25, -0.2) is 0 Å². The van der Waals surface area contributed by atoms with Crippen molar-refractivity contribution >= 4 is 11.7 Å². The van der Waals surface area contributed by atoms with Crippen LogP contribution in [0.3, 0.4) is 0 Å². The maximum absolute atomic E-state index is 11.9. The highest BCUT2D eigenvalue weighted by molar-refractivity contribution is 5.96. The number of Topliss-reactive ketones (excluding diaryl/α,β-unsaturated/α-hetero) is 1. The Bertz CT molecular complexity index is 455. The third kappa shape index (κ3) is 6.83. The summed E-state index contributed by atoms with van der Waals surface area (Å²) in [5, 5.41) is 2.86. The topological polar surface area (TPSA) is 64.6 Å². The zero-order valence-electron chi connectivity index (χ0n) is 13.5. The van der Waals surface area contributed by atoms with Crippen LogP contribution in [0.15, 0.2) is 30.3 Å². The second-order valence-electron chi connectivity index (χ2n) is 5.02. The van der Waals surface area contributed by atoms with Crippen molar-refractivity contribution < 1.29 is 19.1 Å². The van der Waals surface area contributed by atoms with Crippen LogP contribution in [0.25, 0.3) is 0 Å². The molecule has 0 spiro atoms. The predicted molar refractivity (Wildman–Crippen MR) is 84.4 cm³/mol. The summed E-state index contributed by atoms with van der Waals surface area (Å²) in [6.45, 7) is 6.12. The van der Waals surface area contributed by atoms with Gasteiger partial charge in [-0.15, -0.1) is 0 Å². The summed E-state index contributed by atoms with van der Waals surface area (Å²) in [5.74, 6) is -0.474. The van der Waals surface area contributed by atoms with Crippen LogP contribution in [0.5, 0.6) is 0 Å². The van der Waals surface area contributed by atoms with Gasteiger partial charge < -0.3 is 14.8 Å². The molecule has 1 aromatic rings. The van der Waals surface area contributed by atoms with Crippen LogP contribution in [0, 0.1) is 0 Å². The number of carbonyl (C=O) groups is 2. The van der Waals surface area contributed by atoms with Crippen LogP contribution in [-0.4, -0.2) is 37.2 Å². The van der Waals surface area contributed by atoms with Gasteiger partial charge in [-0.1, -0.05) is 30.3 Å². The zero-order chi connectivity index (χ0) is 16.4. The normalized spacial score (nSPS) is 12.2. The number of hydrogen-bond acceptors (Lipinski definition) is 4. The van der Waals surface area contributed by atoms with Crippen molar-refractivity contribution in [3.05, 3.63) is 35.9 Å². The number of ketones is 1. The van der Waals surface area contributed by atoms with Crippen molar-refractivity contribution in [3.63, 3.8) is 0 Å². The minimum atomic E-state index is -0.536. The van der Waals surface area contributed by atoms with E-state index in [2.05, 4.69) is 5.32 Å². The molecule has 0 aromatic heterocycles. The molecule has 0 radical (unpaired) electrons. The van der Waals surface area contributed by atoms with E-state index < -0.39 is 6.29 Å². The van der Waals surface area contributed by atoms with Crippen LogP contribution < -0.4 is 5.32 Å². The van der Waals surface area contributed by atoms with Crippen molar-refractivity contribution in [3.8, 4) is 0 Å². The molecule has 0 aliphatic heterocycles. The van der Waals surface area contributed by atoms with Crippen molar-refractivity contribution in [2.75, 3.05) is 13.2 Å². The van der Waals surface area contributed by atoms with E-state index in [0.29, 0.717) is 19.6 Å². The molecule has 0 heterocycles. The summed E-state index contributed by atoms with van der Waals surface area (Å²) in [6.07, 6.45) is -0.0862. The van der Waals surface area contributed by atoms with E-state index in [1.165, 1.54) is 6.92 Å². The van der Waals surface area contributed by atoms with Gasteiger partial charge in [-0.05, 0) is 32.8 Å². The molecule has 1 unspecified atom stereocenters. The first kappa shape index (κ1) is 18.3. The van der Waals surface area contributed by atoms with E-state index >= 15 is 0 Å². The first-order valence-corrected chi connectivity index (χ1v) is 7.62. The van der Waals surface area contributed by atoms with Crippen LogP contribution in [-0.2, 0) is 25.5 Å². The van der Waals surface area contributed by atoms with E-state index in [-0.39, 0.29) is 24.2 Å². The average molecular weight is 307 g/mol. The van der Waals surface area contributed by atoms with Gasteiger partial charge in [0.25, 0.3) is 0 Å². The van der Waals surface area contributed by atoms with Crippen molar-refractivity contribution in [1.82, 2.24) is 5.32 Å². The molecule has 0 aliphatic rings. The zero-order valence-corrected chi connectivity index (χ0v) is 13.5. The third-order valence-electron chi connectivity index (χ3n) is 3.04. The van der Waals surface area contributed by atoms with Crippen molar-refractivity contribution in [2.24, 2.45) is 0 Å². The maximum Gasteiger partial charge on any atom is 0.227 e. The largest absolute Gasteiger partial charge is 0.351 e. The molecule has 1 atom stereocenters. The summed E-state index contributed by atoms with van der Waals surface area (Å²) in [4.78, 5) is 23.0. The smallest absolute Gasteiger partial charge is 0.227 e. The first-order chi connectivity index (χ1) is 10.6. The Labute approximate surface area is 132 Å². The first-order valence-electron chi connectivity index (χ1n) is 7.62. The molecule has 22 heavy (non-hydrogen) atoms. The van der Waals surface area contributed by atoms with E-state index in [4.69, 9.17) is 9.47 Å². The van der Waals surface area contributed by atoms with E-state index in [1.54, 1.807) is 0 Å². The van der Waals surface area contributed by atoms with Crippen LogP contribution in [0.1, 0.15) is 32.8 Å². The molecule has 0 saturated carbocycles. The molecular formula is C17H25NO4. The number of ether oxygens (including phenoxy) is 2. The van der Waals surface area contributed by atoms with Gasteiger partial charge in [0.05, 0.1) is 12.5 Å². The van der Waals surface area contributed by atoms with Crippen LogP contribution in [0.4, 0.5) is 0 Å². The SMILES string of the molecule is CCOC(OCC)C(Cc1ccccc1)NC(=O)CC(C)=O. The van der Waals surface area contributed by atoms with E-state index in [9.17, 15) is 9.59 Å². The fraction of sp³-hybridized carbons (Fsp3) is 0.529. The van der Waals surface area contributed by atoms with Gasteiger partial charge in [-0.2, -0.15) is 0 Å². The summed E-state index contributed by atoms with van der Waals surface area (Å²) < 4.78 is 11.2. The molecule has 5 heteroatoms. The molecule has 0 bridgehead atoms. The van der Waals surface area contributed by atoms with Crippen LogP contribution >= 0.6 is 0 Å². The number of amides is 1. The van der Waals surface area contributed by atoms with Crippen molar-refractivity contribution in [2.45, 2.75) is 45.9 Å². The lowest BCUT2D eigenvalue weighted by Gasteiger charge is -2.27. The van der Waals surface area contributed by atoms with Gasteiger partial charge in [0, 0.05) is 13.2 Å². The molecule has 5 nitrogen and oxygen atoms in total. The Kier molecular flexibility index (Phi) is 8.40. The highest BCUT2D eigenvalue weighted by Crippen LogP contribution is 2.11. The highest BCUT2D eigenvalue weighted by atomic mass is 16.7.